The monoisotopic (exact) mass is 195 g/mol. The van der Waals surface area contributed by atoms with E-state index in [-0.39, 0.29) is 0 Å². The zero-order valence-electron chi connectivity index (χ0n) is 7.77. The predicted octanol–water partition coefficient (Wildman–Crippen LogP) is 2.54. The van der Waals surface area contributed by atoms with Crippen LogP contribution in [0, 0.1) is 20.8 Å². The van der Waals surface area contributed by atoms with Crippen molar-refractivity contribution in [2.24, 2.45) is 0 Å². The SMILES string of the molecule is Cc1nc(Cl)c2c(C)c(C)[nH]c2n1. The van der Waals surface area contributed by atoms with E-state index in [0.717, 1.165) is 22.3 Å². The summed E-state index contributed by atoms with van der Waals surface area (Å²) in [6.45, 7) is 5.85. The lowest BCUT2D eigenvalue weighted by Gasteiger charge is -1.96. The molecule has 0 saturated carbocycles. The van der Waals surface area contributed by atoms with Crippen molar-refractivity contribution < 1.29 is 0 Å². The zero-order chi connectivity index (χ0) is 9.59. The molecule has 2 aromatic heterocycles. The lowest BCUT2D eigenvalue weighted by Crippen LogP contribution is -1.88. The lowest BCUT2D eigenvalue weighted by molar-refractivity contribution is 1.08. The van der Waals surface area contributed by atoms with Crippen LogP contribution < -0.4 is 0 Å². The van der Waals surface area contributed by atoms with Crippen molar-refractivity contribution in [2.75, 3.05) is 0 Å². The molecule has 4 heteroatoms. The van der Waals surface area contributed by atoms with Crippen LogP contribution in [0.1, 0.15) is 17.1 Å². The highest BCUT2D eigenvalue weighted by Crippen LogP contribution is 2.25. The topological polar surface area (TPSA) is 41.6 Å². The van der Waals surface area contributed by atoms with E-state index in [0.29, 0.717) is 11.0 Å². The molecular formula is C9H10ClN3. The molecule has 0 radical (unpaired) electrons. The molecule has 0 aliphatic carbocycles. The number of halogens is 1. The minimum absolute atomic E-state index is 0.532. The number of rotatable bonds is 0. The second kappa shape index (κ2) is 2.70. The van der Waals surface area contributed by atoms with Gasteiger partial charge in [-0.05, 0) is 26.3 Å². The van der Waals surface area contributed by atoms with E-state index in [2.05, 4.69) is 15.0 Å². The van der Waals surface area contributed by atoms with Gasteiger partial charge in [-0.25, -0.2) is 9.97 Å². The average Bonchev–Trinajstić information content (AvgIpc) is 2.27. The molecule has 0 atom stereocenters. The molecule has 0 aliphatic heterocycles. The molecule has 0 spiro atoms. The summed E-state index contributed by atoms with van der Waals surface area (Å²) in [5.74, 6) is 0.693. The van der Waals surface area contributed by atoms with Crippen molar-refractivity contribution in [3.63, 3.8) is 0 Å². The number of hydrogen-bond donors (Lipinski definition) is 1. The predicted molar refractivity (Wildman–Crippen MR) is 53.1 cm³/mol. The van der Waals surface area contributed by atoms with Gasteiger partial charge in [-0.3, -0.25) is 0 Å². The molecule has 2 heterocycles. The lowest BCUT2D eigenvalue weighted by atomic mass is 10.2. The van der Waals surface area contributed by atoms with Crippen LogP contribution in [0.2, 0.25) is 5.15 Å². The third-order valence-corrected chi connectivity index (χ3v) is 2.49. The third kappa shape index (κ3) is 1.20. The third-order valence-electron chi connectivity index (χ3n) is 2.22. The average molecular weight is 196 g/mol. The van der Waals surface area contributed by atoms with Crippen LogP contribution in [-0.4, -0.2) is 15.0 Å². The maximum absolute atomic E-state index is 6.01. The van der Waals surface area contributed by atoms with Crippen LogP contribution in [0.25, 0.3) is 11.0 Å². The summed E-state index contributed by atoms with van der Waals surface area (Å²) in [7, 11) is 0. The molecule has 2 rings (SSSR count). The first kappa shape index (κ1) is 8.51. The fraction of sp³-hybridized carbons (Fsp3) is 0.333. The Bertz CT molecular complexity index is 473. The van der Waals surface area contributed by atoms with Gasteiger partial charge in [-0.15, -0.1) is 0 Å². The number of H-pyrrole nitrogens is 1. The first-order chi connectivity index (χ1) is 6.09. The summed E-state index contributed by atoms with van der Waals surface area (Å²) in [6.07, 6.45) is 0. The first-order valence-electron chi connectivity index (χ1n) is 4.08. The van der Waals surface area contributed by atoms with Gasteiger partial charge < -0.3 is 4.98 Å². The van der Waals surface area contributed by atoms with Gasteiger partial charge in [0.2, 0.25) is 0 Å². The summed E-state index contributed by atoms with van der Waals surface area (Å²) in [5.41, 5.74) is 3.05. The number of fused-ring (bicyclic) bond motifs is 1. The summed E-state index contributed by atoms with van der Waals surface area (Å²) >= 11 is 6.01. The molecule has 3 nitrogen and oxygen atoms in total. The van der Waals surface area contributed by atoms with Gasteiger partial charge in [0.25, 0.3) is 0 Å². The van der Waals surface area contributed by atoms with Crippen molar-refractivity contribution in [1.82, 2.24) is 15.0 Å². The maximum Gasteiger partial charge on any atom is 0.143 e. The molecular weight excluding hydrogens is 186 g/mol. The molecule has 0 aliphatic rings. The van der Waals surface area contributed by atoms with E-state index in [1.54, 1.807) is 0 Å². The van der Waals surface area contributed by atoms with Crippen molar-refractivity contribution in [3.8, 4) is 0 Å². The van der Waals surface area contributed by atoms with Crippen molar-refractivity contribution in [2.45, 2.75) is 20.8 Å². The number of aromatic amines is 1. The van der Waals surface area contributed by atoms with Crippen molar-refractivity contribution in [1.29, 1.82) is 0 Å². The summed E-state index contributed by atoms with van der Waals surface area (Å²) in [5, 5.41) is 1.47. The normalized spacial score (nSPS) is 11.1. The highest BCUT2D eigenvalue weighted by Gasteiger charge is 2.10. The quantitative estimate of drug-likeness (QED) is 0.657. The van der Waals surface area contributed by atoms with Crippen LogP contribution in [0.4, 0.5) is 0 Å². The Hall–Kier alpha value is -1.09. The largest absolute Gasteiger partial charge is 0.343 e. The minimum atomic E-state index is 0.532. The van der Waals surface area contributed by atoms with Crippen LogP contribution >= 0.6 is 11.6 Å². The zero-order valence-corrected chi connectivity index (χ0v) is 8.53. The van der Waals surface area contributed by atoms with E-state index < -0.39 is 0 Å². The summed E-state index contributed by atoms with van der Waals surface area (Å²) < 4.78 is 0. The highest BCUT2D eigenvalue weighted by molar-refractivity contribution is 6.34. The molecule has 13 heavy (non-hydrogen) atoms. The molecule has 1 N–H and O–H groups in total. The smallest absolute Gasteiger partial charge is 0.143 e. The van der Waals surface area contributed by atoms with Gasteiger partial charge in [0.1, 0.15) is 16.6 Å². The first-order valence-corrected chi connectivity index (χ1v) is 4.46. The molecule has 0 bridgehead atoms. The summed E-state index contributed by atoms with van der Waals surface area (Å²) in [4.78, 5) is 11.6. The second-order valence-corrected chi connectivity index (χ2v) is 3.52. The van der Waals surface area contributed by atoms with E-state index >= 15 is 0 Å². The number of aromatic nitrogens is 3. The fourth-order valence-electron chi connectivity index (χ4n) is 1.42. The summed E-state index contributed by atoms with van der Waals surface area (Å²) in [6, 6.07) is 0. The number of nitrogens with one attached hydrogen (secondary N) is 1. The van der Waals surface area contributed by atoms with Gasteiger partial charge in [0.05, 0.1) is 5.39 Å². The Kier molecular flexibility index (Phi) is 1.77. The van der Waals surface area contributed by atoms with E-state index in [9.17, 15) is 0 Å². The molecule has 0 saturated heterocycles. The van der Waals surface area contributed by atoms with Crippen molar-refractivity contribution in [3.05, 3.63) is 22.2 Å². The molecule has 0 aromatic carbocycles. The fourth-order valence-corrected chi connectivity index (χ4v) is 1.77. The van der Waals surface area contributed by atoms with Crippen LogP contribution in [-0.2, 0) is 0 Å². The van der Waals surface area contributed by atoms with E-state index in [4.69, 9.17) is 11.6 Å². The maximum atomic E-state index is 6.01. The van der Waals surface area contributed by atoms with Gasteiger partial charge in [0, 0.05) is 5.69 Å². The molecule has 0 amide bonds. The molecule has 68 valence electrons. The Morgan fingerprint density at radius 3 is 2.54 bits per heavy atom. The number of hydrogen-bond acceptors (Lipinski definition) is 2. The van der Waals surface area contributed by atoms with E-state index in [1.807, 2.05) is 20.8 Å². The molecule has 0 unspecified atom stereocenters. The number of aryl methyl sites for hydroxylation is 3. The Labute approximate surface area is 81.2 Å². The highest BCUT2D eigenvalue weighted by atomic mass is 35.5. The molecule has 0 fully saturated rings. The van der Waals surface area contributed by atoms with Gasteiger partial charge in [-0.2, -0.15) is 0 Å². The van der Waals surface area contributed by atoms with E-state index in [1.165, 1.54) is 0 Å². The van der Waals surface area contributed by atoms with Crippen molar-refractivity contribution >= 4 is 22.6 Å². The minimum Gasteiger partial charge on any atom is -0.343 e. The van der Waals surface area contributed by atoms with Crippen LogP contribution in [0.5, 0.6) is 0 Å². The Morgan fingerprint density at radius 2 is 1.85 bits per heavy atom. The van der Waals surface area contributed by atoms with Gasteiger partial charge >= 0.3 is 0 Å². The second-order valence-electron chi connectivity index (χ2n) is 3.16. The Morgan fingerprint density at radius 1 is 1.15 bits per heavy atom. The number of nitrogens with zero attached hydrogens (tertiary/aromatic N) is 2. The van der Waals surface area contributed by atoms with Crippen LogP contribution in [0.3, 0.4) is 0 Å². The van der Waals surface area contributed by atoms with Gasteiger partial charge in [-0.1, -0.05) is 11.6 Å². The van der Waals surface area contributed by atoms with Crippen LogP contribution in [0.15, 0.2) is 0 Å². The standard InChI is InChI=1S/C9H10ClN3/c1-4-5(2)11-9-7(4)8(10)12-6(3)13-9/h1-3H3,(H,11,12,13). The Balaban J connectivity index is 2.94. The molecule has 2 aromatic rings. The van der Waals surface area contributed by atoms with Gasteiger partial charge in [0.15, 0.2) is 0 Å².